The number of nitrogen functional groups attached to an aromatic ring is 3. The van der Waals surface area contributed by atoms with Crippen molar-refractivity contribution in [1.82, 2.24) is 0 Å². The van der Waals surface area contributed by atoms with Crippen molar-refractivity contribution in [1.29, 1.82) is 0 Å². The highest BCUT2D eigenvalue weighted by Crippen LogP contribution is 2.43. The number of azo groups is 1. The lowest BCUT2D eigenvalue weighted by Crippen LogP contribution is -2.09. The number of aliphatic hydroxyl groups is 2. The van der Waals surface area contributed by atoms with Crippen molar-refractivity contribution in [3.63, 3.8) is 0 Å². The molecule has 0 aliphatic heterocycles. The van der Waals surface area contributed by atoms with Crippen LogP contribution >= 0.6 is 0 Å². The number of carbonyl (C=O) groups is 1. The second-order valence-corrected chi connectivity index (χ2v) is 10.4. The molecule has 0 bridgehead atoms. The third-order valence-corrected chi connectivity index (χ3v) is 6.51. The maximum Gasteiger partial charge on any atom is 0.341 e. The second kappa shape index (κ2) is 15.4. The van der Waals surface area contributed by atoms with Gasteiger partial charge < -0.3 is 51.8 Å². The van der Waals surface area contributed by atoms with Gasteiger partial charge >= 0.3 is 5.97 Å². The van der Waals surface area contributed by atoms with E-state index in [1.165, 1.54) is 30.3 Å². The van der Waals surface area contributed by atoms with Crippen LogP contribution in [-0.4, -0.2) is 72.4 Å². The van der Waals surface area contributed by atoms with E-state index in [-0.39, 0.29) is 61.3 Å². The molecule has 0 atom stereocenters. The zero-order valence-electron chi connectivity index (χ0n) is 23.5. The van der Waals surface area contributed by atoms with Crippen LogP contribution in [0.15, 0.2) is 75.8 Å². The van der Waals surface area contributed by atoms with Crippen molar-refractivity contribution >= 4 is 55.3 Å². The maximum atomic E-state index is 12.0. The molecule has 240 valence electrons. The van der Waals surface area contributed by atoms with E-state index in [2.05, 4.69) is 10.2 Å². The Morgan fingerprint density at radius 3 is 2.02 bits per heavy atom. The van der Waals surface area contributed by atoms with Gasteiger partial charge in [0.2, 0.25) is 0 Å². The number of phenols is 1. The molecule has 0 amide bonds. The molecule has 4 rings (SSSR count). The van der Waals surface area contributed by atoms with Crippen LogP contribution in [0.2, 0.25) is 0 Å². The number of nitrogens with zero attached hydrogens (tertiary/aromatic N) is 2. The average molecular weight is 646 g/mol. The van der Waals surface area contributed by atoms with Crippen LogP contribution in [0.1, 0.15) is 0 Å². The Kier molecular flexibility index (Phi) is 11.7. The normalized spacial score (nSPS) is 11.2. The Morgan fingerprint density at radius 1 is 0.800 bits per heavy atom. The first kappa shape index (κ1) is 34.1. The molecule has 0 fully saturated rings. The molecular weight excluding hydrogens is 614 g/mol. The van der Waals surface area contributed by atoms with Gasteiger partial charge in [0.05, 0.1) is 18.9 Å². The number of nitrogens with two attached hydrogens (primary N) is 3. The van der Waals surface area contributed by atoms with Gasteiger partial charge in [-0.3, -0.25) is 4.55 Å². The Hall–Kier alpha value is -5.36. The molecule has 0 radical (unpaired) electrons. The summed E-state index contributed by atoms with van der Waals surface area (Å²) >= 11 is 0. The Morgan fingerprint density at radius 2 is 1.42 bits per heavy atom. The van der Waals surface area contributed by atoms with Crippen molar-refractivity contribution in [3.05, 3.63) is 60.7 Å². The highest BCUT2D eigenvalue weighted by Gasteiger charge is 2.22. The quantitative estimate of drug-likeness (QED) is 0.0625. The van der Waals surface area contributed by atoms with Crippen molar-refractivity contribution < 1.29 is 52.4 Å². The van der Waals surface area contributed by atoms with E-state index in [9.17, 15) is 22.9 Å². The molecule has 4 aromatic carbocycles. The second-order valence-electron chi connectivity index (χ2n) is 8.98. The monoisotopic (exact) mass is 645 g/mol. The predicted molar refractivity (Wildman–Crippen MR) is 164 cm³/mol. The molecule has 16 nitrogen and oxygen atoms in total. The Labute approximate surface area is 256 Å². The first-order valence-corrected chi connectivity index (χ1v) is 14.3. The molecule has 0 spiro atoms. The van der Waals surface area contributed by atoms with E-state index in [4.69, 9.17) is 46.7 Å². The largest absolute Gasteiger partial charge is 0.505 e. The number of aliphatic hydroxyl groups excluding tert-OH is 2. The highest BCUT2D eigenvalue weighted by molar-refractivity contribution is 7.86. The van der Waals surface area contributed by atoms with Gasteiger partial charge in [0.15, 0.2) is 12.4 Å². The summed E-state index contributed by atoms with van der Waals surface area (Å²) < 4.78 is 49.2. The van der Waals surface area contributed by atoms with Crippen molar-refractivity contribution in [3.8, 4) is 23.0 Å². The summed E-state index contributed by atoms with van der Waals surface area (Å²) in [6, 6.07) is 14.7. The van der Waals surface area contributed by atoms with Crippen molar-refractivity contribution in [2.45, 2.75) is 4.90 Å². The number of carboxylic acids is 1. The van der Waals surface area contributed by atoms with Crippen molar-refractivity contribution in [2.75, 3.05) is 50.2 Å². The summed E-state index contributed by atoms with van der Waals surface area (Å²) in [5, 5.41) is 45.3. The first-order valence-electron chi connectivity index (χ1n) is 12.9. The fraction of sp³-hybridized carbons (Fsp3) is 0.179. The number of benzene rings is 4. The molecule has 45 heavy (non-hydrogen) atoms. The number of rotatable bonds is 12. The Balaban J connectivity index is 0.000000385. The van der Waals surface area contributed by atoms with Crippen LogP contribution in [0, 0.1) is 0 Å². The minimum Gasteiger partial charge on any atom is -0.505 e. The zero-order chi connectivity index (χ0) is 33.1. The molecule has 11 N–H and O–H groups in total. The smallest absolute Gasteiger partial charge is 0.341 e. The lowest BCUT2D eigenvalue weighted by atomic mass is 10.1. The number of aliphatic carboxylic acids is 1. The van der Waals surface area contributed by atoms with Gasteiger partial charge in [-0.05, 0) is 47.9 Å². The van der Waals surface area contributed by atoms with E-state index in [0.717, 1.165) is 6.07 Å². The third kappa shape index (κ3) is 9.57. The summed E-state index contributed by atoms with van der Waals surface area (Å²) in [5.74, 6) is -0.834. The standard InChI is InChI=1S/C20H22N4O8S.C8H9NO3/c21-12-2-1-11-7-18(33(28,29)30)19(20(27)13(11)8-12)24-23-15-10-16(31-5-3-25)14(22)9-17(15)32-6-4-26;9-6-1-3-7(4-2-6)12-5-8(10)11/h1-2,7-10,25-27H,3-6,21-22H2,(H,28,29,30);1-4H,5,9H2,(H,10,11). The number of hydrogen-bond donors (Lipinski definition) is 8. The maximum absolute atomic E-state index is 12.0. The number of phenolic OH excluding ortho intramolecular Hbond substituents is 1. The minimum atomic E-state index is -4.79. The van der Waals surface area contributed by atoms with Crippen molar-refractivity contribution in [2.24, 2.45) is 10.2 Å². The van der Waals surface area contributed by atoms with Crippen LogP contribution in [-0.2, 0) is 14.9 Å². The number of hydrogen-bond acceptors (Lipinski definition) is 14. The van der Waals surface area contributed by atoms with Gasteiger partial charge in [-0.25, -0.2) is 4.79 Å². The molecule has 4 aromatic rings. The van der Waals surface area contributed by atoms with Crippen LogP contribution in [0.4, 0.5) is 28.4 Å². The molecule has 0 aliphatic carbocycles. The molecular formula is C28H31N5O11S. The van der Waals surface area contributed by atoms with Gasteiger partial charge in [-0.1, -0.05) is 6.07 Å². The predicted octanol–water partition coefficient (Wildman–Crippen LogP) is 2.85. The van der Waals surface area contributed by atoms with Gasteiger partial charge in [0, 0.05) is 28.9 Å². The Bertz CT molecular complexity index is 1780. The summed E-state index contributed by atoms with van der Waals surface area (Å²) in [6.45, 7) is -1.07. The van der Waals surface area contributed by atoms with E-state index in [1.54, 1.807) is 24.3 Å². The topological polar surface area (TPSA) is 283 Å². The van der Waals surface area contributed by atoms with E-state index in [0.29, 0.717) is 22.5 Å². The molecule has 0 saturated heterocycles. The number of fused-ring (bicyclic) bond motifs is 1. The zero-order valence-corrected chi connectivity index (χ0v) is 24.3. The van der Waals surface area contributed by atoms with E-state index < -0.39 is 32.4 Å². The number of ether oxygens (including phenoxy) is 3. The number of carboxylic acid groups (broad SMARTS) is 1. The van der Waals surface area contributed by atoms with Crippen LogP contribution < -0.4 is 31.4 Å². The molecule has 0 unspecified atom stereocenters. The summed E-state index contributed by atoms with van der Waals surface area (Å²) in [6.07, 6.45) is 0. The third-order valence-electron chi connectivity index (χ3n) is 5.64. The SMILES string of the molecule is Nc1ccc(OCC(=O)O)cc1.Nc1ccc2cc(S(=O)(=O)O)c(N=Nc3cc(OCCO)c(N)cc3OCCO)c(O)c2c1. The van der Waals surface area contributed by atoms with Gasteiger partial charge in [-0.2, -0.15) is 8.42 Å². The fourth-order valence-electron chi connectivity index (χ4n) is 3.66. The van der Waals surface area contributed by atoms with Gasteiger partial charge in [0.25, 0.3) is 10.1 Å². The molecule has 0 aliphatic rings. The summed E-state index contributed by atoms with van der Waals surface area (Å²) in [5.41, 5.74) is 17.6. The van der Waals surface area contributed by atoms with E-state index >= 15 is 0 Å². The molecule has 0 aromatic heterocycles. The van der Waals surface area contributed by atoms with E-state index in [1.807, 2.05) is 0 Å². The molecule has 0 saturated carbocycles. The summed E-state index contributed by atoms with van der Waals surface area (Å²) in [7, 11) is -4.79. The first-order chi connectivity index (χ1) is 21.3. The fourth-order valence-corrected chi connectivity index (χ4v) is 4.32. The van der Waals surface area contributed by atoms with Crippen LogP contribution in [0.3, 0.4) is 0 Å². The lowest BCUT2D eigenvalue weighted by Gasteiger charge is -2.13. The number of aromatic hydroxyl groups is 1. The summed E-state index contributed by atoms with van der Waals surface area (Å²) in [4.78, 5) is 9.41. The van der Waals surface area contributed by atoms with Crippen LogP contribution in [0.25, 0.3) is 10.8 Å². The molecule has 0 heterocycles. The lowest BCUT2D eigenvalue weighted by molar-refractivity contribution is -0.139. The number of anilines is 3. The van der Waals surface area contributed by atoms with Gasteiger partial charge in [0.1, 0.15) is 46.7 Å². The average Bonchev–Trinajstić information content (AvgIpc) is 2.99. The highest BCUT2D eigenvalue weighted by atomic mass is 32.2. The molecule has 17 heteroatoms. The van der Waals surface area contributed by atoms with Crippen LogP contribution in [0.5, 0.6) is 23.0 Å². The van der Waals surface area contributed by atoms with Gasteiger partial charge in [-0.15, -0.1) is 10.2 Å². The minimum absolute atomic E-state index is 0.0129.